The van der Waals surface area contributed by atoms with E-state index in [1.165, 1.54) is 0 Å². The number of hydrogen-bond donors (Lipinski definition) is 1. The largest absolute Gasteiger partial charge is 0.423 e. The normalized spacial score (nSPS) is 21.8. The molecule has 1 N–H and O–H groups in total. The third kappa shape index (κ3) is 2.35. The predicted octanol–water partition coefficient (Wildman–Crippen LogP) is 2.16. The summed E-state index contributed by atoms with van der Waals surface area (Å²) in [6.45, 7) is 3.10. The van der Waals surface area contributed by atoms with Crippen molar-refractivity contribution in [3.63, 3.8) is 0 Å². The van der Waals surface area contributed by atoms with Gasteiger partial charge in [0.2, 0.25) is 0 Å². The fourth-order valence-corrected chi connectivity index (χ4v) is 2.98. The van der Waals surface area contributed by atoms with E-state index in [1.54, 1.807) is 0 Å². The first kappa shape index (κ1) is 13.3. The van der Waals surface area contributed by atoms with E-state index in [0.717, 1.165) is 22.6 Å². The molecule has 1 aromatic carbocycles. The second-order valence-electron chi connectivity index (χ2n) is 5.84. The average Bonchev–Trinajstić information content (AvgIpc) is 3.19. The molecule has 1 aliphatic rings. The van der Waals surface area contributed by atoms with Gasteiger partial charge in [0, 0.05) is 31.5 Å². The van der Waals surface area contributed by atoms with Gasteiger partial charge in [-0.2, -0.15) is 4.98 Å². The lowest BCUT2D eigenvalue weighted by Gasteiger charge is -2.12. The SMILES string of the molecule is Cc1cc(C[C@@H]2CN(c3nc4ccccc4o3)C[C@H]2O)on1. The number of anilines is 1. The number of nitrogens with zero attached hydrogens (tertiary/aromatic N) is 3. The van der Waals surface area contributed by atoms with E-state index in [-0.39, 0.29) is 5.92 Å². The van der Waals surface area contributed by atoms with Crippen molar-refractivity contribution in [2.45, 2.75) is 19.4 Å². The van der Waals surface area contributed by atoms with Crippen molar-refractivity contribution in [1.82, 2.24) is 10.1 Å². The Hall–Kier alpha value is -2.34. The lowest BCUT2D eigenvalue weighted by atomic mass is 10.0. The molecule has 0 radical (unpaired) electrons. The second kappa shape index (κ2) is 5.14. The predicted molar refractivity (Wildman–Crippen MR) is 80.7 cm³/mol. The molecule has 22 heavy (non-hydrogen) atoms. The minimum atomic E-state index is -0.430. The molecule has 0 aliphatic carbocycles. The monoisotopic (exact) mass is 299 g/mol. The number of aliphatic hydroxyl groups excluding tert-OH is 1. The molecule has 1 saturated heterocycles. The number of benzene rings is 1. The van der Waals surface area contributed by atoms with Crippen LogP contribution in [0.1, 0.15) is 11.5 Å². The van der Waals surface area contributed by atoms with Gasteiger partial charge in [0.05, 0.1) is 11.8 Å². The Morgan fingerprint density at radius 2 is 2.18 bits per heavy atom. The first-order chi connectivity index (χ1) is 10.7. The molecule has 6 heteroatoms. The summed E-state index contributed by atoms with van der Waals surface area (Å²) >= 11 is 0. The fourth-order valence-electron chi connectivity index (χ4n) is 2.98. The quantitative estimate of drug-likeness (QED) is 0.799. The molecule has 0 amide bonds. The van der Waals surface area contributed by atoms with Crippen molar-refractivity contribution in [2.75, 3.05) is 18.0 Å². The number of hydrogen-bond acceptors (Lipinski definition) is 6. The molecule has 2 atom stereocenters. The molecule has 1 aliphatic heterocycles. The number of aromatic nitrogens is 2. The van der Waals surface area contributed by atoms with Gasteiger partial charge in [0.25, 0.3) is 6.01 Å². The van der Waals surface area contributed by atoms with Crippen LogP contribution in [0.4, 0.5) is 6.01 Å². The Balaban J connectivity index is 1.52. The van der Waals surface area contributed by atoms with E-state index in [2.05, 4.69) is 10.1 Å². The Bertz CT molecular complexity index is 762. The maximum atomic E-state index is 10.3. The zero-order valence-corrected chi connectivity index (χ0v) is 12.3. The lowest BCUT2D eigenvalue weighted by molar-refractivity contribution is 0.143. The fraction of sp³-hybridized carbons (Fsp3) is 0.375. The molecular formula is C16H17N3O3. The van der Waals surface area contributed by atoms with Gasteiger partial charge in [0.1, 0.15) is 11.3 Å². The van der Waals surface area contributed by atoms with Crippen molar-refractivity contribution >= 4 is 17.1 Å². The molecule has 1 fully saturated rings. The van der Waals surface area contributed by atoms with Gasteiger partial charge in [0.15, 0.2) is 5.58 Å². The van der Waals surface area contributed by atoms with Gasteiger partial charge in [-0.05, 0) is 19.1 Å². The summed E-state index contributed by atoms with van der Waals surface area (Å²) in [5.41, 5.74) is 2.46. The van der Waals surface area contributed by atoms with Crippen molar-refractivity contribution in [1.29, 1.82) is 0 Å². The summed E-state index contributed by atoms with van der Waals surface area (Å²) in [5.74, 6) is 0.892. The minimum Gasteiger partial charge on any atom is -0.423 e. The standard InChI is InChI=1S/C16H17N3O3/c1-10-6-12(22-18-10)7-11-8-19(9-14(11)20)16-17-13-4-2-3-5-15(13)21-16/h2-6,11,14,20H,7-9H2,1H3/t11-,14-/m1/s1. The van der Waals surface area contributed by atoms with Crippen LogP contribution in [0.15, 0.2) is 39.3 Å². The van der Waals surface area contributed by atoms with E-state index in [0.29, 0.717) is 25.5 Å². The van der Waals surface area contributed by atoms with Crippen molar-refractivity contribution in [2.24, 2.45) is 5.92 Å². The number of aryl methyl sites for hydroxylation is 1. The van der Waals surface area contributed by atoms with Crippen LogP contribution >= 0.6 is 0 Å². The molecule has 2 aromatic heterocycles. The third-order valence-corrected chi connectivity index (χ3v) is 4.10. The number of aliphatic hydroxyl groups is 1. The topological polar surface area (TPSA) is 75.5 Å². The van der Waals surface area contributed by atoms with Gasteiger partial charge in [-0.3, -0.25) is 0 Å². The summed E-state index contributed by atoms with van der Waals surface area (Å²) in [6, 6.07) is 10.1. The van der Waals surface area contributed by atoms with E-state index in [4.69, 9.17) is 8.94 Å². The number of fused-ring (bicyclic) bond motifs is 1. The second-order valence-corrected chi connectivity index (χ2v) is 5.84. The maximum absolute atomic E-state index is 10.3. The summed E-state index contributed by atoms with van der Waals surface area (Å²) < 4.78 is 11.0. The van der Waals surface area contributed by atoms with Crippen LogP contribution in [0.3, 0.4) is 0 Å². The number of oxazole rings is 1. The van der Waals surface area contributed by atoms with Crippen LogP contribution in [-0.2, 0) is 6.42 Å². The number of β-amino-alcohol motifs (C(OH)–C–C–N with tert-alkyl or cyclic N) is 1. The van der Waals surface area contributed by atoms with Crippen LogP contribution in [0, 0.1) is 12.8 Å². The molecule has 0 unspecified atom stereocenters. The van der Waals surface area contributed by atoms with Gasteiger partial charge in [-0.1, -0.05) is 17.3 Å². The maximum Gasteiger partial charge on any atom is 0.298 e. The van der Waals surface area contributed by atoms with Crippen molar-refractivity contribution in [3.8, 4) is 0 Å². The third-order valence-electron chi connectivity index (χ3n) is 4.10. The van der Waals surface area contributed by atoms with Crippen LogP contribution in [0.5, 0.6) is 0 Å². The Morgan fingerprint density at radius 3 is 2.95 bits per heavy atom. The molecular weight excluding hydrogens is 282 g/mol. The van der Waals surface area contributed by atoms with Gasteiger partial charge in [-0.15, -0.1) is 0 Å². The molecule has 4 rings (SSSR count). The van der Waals surface area contributed by atoms with Crippen molar-refractivity contribution in [3.05, 3.63) is 41.8 Å². The molecule has 0 spiro atoms. The Morgan fingerprint density at radius 1 is 1.32 bits per heavy atom. The summed E-state index contributed by atoms with van der Waals surface area (Å²) in [5, 5.41) is 14.2. The highest BCUT2D eigenvalue weighted by Gasteiger charge is 2.34. The Labute approximate surface area is 127 Å². The van der Waals surface area contributed by atoms with Crippen molar-refractivity contribution < 1.29 is 14.0 Å². The average molecular weight is 299 g/mol. The number of para-hydroxylation sites is 2. The summed E-state index contributed by atoms with van der Waals surface area (Å²) in [6.07, 6.45) is 0.235. The highest BCUT2D eigenvalue weighted by molar-refractivity contribution is 5.74. The van der Waals surface area contributed by atoms with Crippen LogP contribution in [0.2, 0.25) is 0 Å². The van der Waals surface area contributed by atoms with E-state index >= 15 is 0 Å². The highest BCUT2D eigenvalue weighted by atomic mass is 16.5. The minimum absolute atomic E-state index is 0.0855. The van der Waals surface area contributed by atoms with Crippen LogP contribution in [-0.4, -0.2) is 34.4 Å². The van der Waals surface area contributed by atoms with Crippen LogP contribution < -0.4 is 4.90 Å². The molecule has 114 valence electrons. The summed E-state index contributed by atoms with van der Waals surface area (Å²) in [7, 11) is 0. The van der Waals surface area contributed by atoms with E-state index in [1.807, 2.05) is 42.2 Å². The lowest BCUT2D eigenvalue weighted by Crippen LogP contribution is -2.21. The van der Waals surface area contributed by atoms with Gasteiger partial charge >= 0.3 is 0 Å². The smallest absolute Gasteiger partial charge is 0.298 e. The zero-order chi connectivity index (χ0) is 15.1. The molecule has 6 nitrogen and oxygen atoms in total. The number of rotatable bonds is 3. The Kier molecular flexibility index (Phi) is 3.11. The van der Waals surface area contributed by atoms with E-state index < -0.39 is 6.10 Å². The first-order valence-electron chi connectivity index (χ1n) is 7.40. The highest BCUT2D eigenvalue weighted by Crippen LogP contribution is 2.28. The first-order valence-corrected chi connectivity index (χ1v) is 7.40. The van der Waals surface area contributed by atoms with Gasteiger partial charge < -0.3 is 18.9 Å². The molecule has 0 bridgehead atoms. The molecule has 3 aromatic rings. The van der Waals surface area contributed by atoms with E-state index in [9.17, 15) is 5.11 Å². The van der Waals surface area contributed by atoms with Gasteiger partial charge in [-0.25, -0.2) is 0 Å². The summed E-state index contributed by atoms with van der Waals surface area (Å²) in [4.78, 5) is 6.47. The zero-order valence-electron chi connectivity index (χ0n) is 12.3. The molecule has 3 heterocycles. The van der Waals surface area contributed by atoms with Crippen LogP contribution in [0.25, 0.3) is 11.1 Å². The molecule has 0 saturated carbocycles.